The summed E-state index contributed by atoms with van der Waals surface area (Å²) in [6, 6.07) is 4.26. The molecule has 0 spiro atoms. The Morgan fingerprint density at radius 1 is 1.06 bits per heavy atom. The van der Waals surface area contributed by atoms with E-state index in [-0.39, 0.29) is 16.8 Å². The average molecular weight is 430 g/mol. The molecule has 0 radical (unpaired) electrons. The number of hydrogen-bond acceptors (Lipinski definition) is 4. The Balaban J connectivity index is 1.98. The quantitative estimate of drug-likeness (QED) is 0.304. The Hall–Kier alpha value is -1.97. The Morgan fingerprint density at radius 2 is 1.61 bits per heavy atom. The molecule has 0 bridgehead atoms. The maximum atomic E-state index is 12.2. The summed E-state index contributed by atoms with van der Waals surface area (Å²) >= 11 is 0. The zero-order chi connectivity index (χ0) is 23.2. The van der Waals surface area contributed by atoms with Gasteiger partial charge >= 0.3 is 5.97 Å². The van der Waals surface area contributed by atoms with Gasteiger partial charge in [0.15, 0.2) is 0 Å². The molecular formula is C27H43NO3. The van der Waals surface area contributed by atoms with E-state index in [1.807, 2.05) is 19.1 Å². The van der Waals surface area contributed by atoms with Gasteiger partial charge in [0.05, 0.1) is 6.61 Å². The molecule has 1 aromatic carbocycles. The van der Waals surface area contributed by atoms with Crippen molar-refractivity contribution in [2.45, 2.75) is 110 Å². The van der Waals surface area contributed by atoms with Gasteiger partial charge in [0.2, 0.25) is 0 Å². The molecule has 0 saturated heterocycles. The smallest absolute Gasteiger partial charge is 0.332 e. The molecule has 1 saturated carbocycles. The van der Waals surface area contributed by atoms with E-state index >= 15 is 0 Å². The van der Waals surface area contributed by atoms with Gasteiger partial charge in [0, 0.05) is 17.8 Å². The molecule has 1 aliphatic rings. The largest absolute Gasteiger partial charge is 0.508 e. The summed E-state index contributed by atoms with van der Waals surface area (Å²) in [5.41, 5.74) is 4.33. The molecule has 0 atom stereocenters. The van der Waals surface area contributed by atoms with Crippen LogP contribution in [-0.2, 0) is 26.8 Å². The third kappa shape index (κ3) is 7.90. The highest BCUT2D eigenvalue weighted by Crippen LogP contribution is 2.37. The van der Waals surface area contributed by atoms with Crippen LogP contribution in [0, 0.1) is 0 Å². The Bertz CT molecular complexity index is 740. The molecule has 2 rings (SSSR count). The van der Waals surface area contributed by atoms with Gasteiger partial charge in [0.25, 0.3) is 0 Å². The third-order valence-electron chi connectivity index (χ3n) is 6.04. The summed E-state index contributed by atoms with van der Waals surface area (Å²) in [5.74, 6) is 0.0368. The second-order valence-corrected chi connectivity index (χ2v) is 11.1. The zero-order valence-electron chi connectivity index (χ0n) is 20.7. The molecule has 0 aromatic heterocycles. The number of hydrogen-bond donors (Lipinski definition) is 2. The van der Waals surface area contributed by atoms with E-state index < -0.39 is 0 Å². The van der Waals surface area contributed by atoms with Gasteiger partial charge in [-0.15, -0.1) is 0 Å². The maximum Gasteiger partial charge on any atom is 0.332 e. The van der Waals surface area contributed by atoms with Gasteiger partial charge in [-0.2, -0.15) is 0 Å². The SMILES string of the molecule is C/C(=C/C(=O)OCCCc1c(C(C)(C)C)cc(O)cc1C(C)(C)C)NC1CCCCC1. The first-order valence-electron chi connectivity index (χ1n) is 11.9. The van der Waals surface area contributed by atoms with Crippen LogP contribution in [0.1, 0.15) is 104 Å². The molecule has 0 unspecified atom stereocenters. The number of phenolic OH excluding ortho intramolecular Hbond substituents is 1. The topological polar surface area (TPSA) is 58.6 Å². The van der Waals surface area contributed by atoms with Crippen molar-refractivity contribution in [3.8, 4) is 5.75 Å². The fraction of sp³-hybridized carbons (Fsp3) is 0.667. The molecule has 1 fully saturated rings. The van der Waals surface area contributed by atoms with Crippen molar-refractivity contribution in [3.05, 3.63) is 40.6 Å². The lowest BCUT2D eigenvalue weighted by Crippen LogP contribution is -2.29. The van der Waals surface area contributed by atoms with Gasteiger partial charge < -0.3 is 15.2 Å². The molecule has 2 N–H and O–H groups in total. The molecule has 1 aliphatic carbocycles. The summed E-state index contributed by atoms with van der Waals surface area (Å²) in [7, 11) is 0. The third-order valence-corrected chi connectivity index (χ3v) is 6.04. The summed E-state index contributed by atoms with van der Waals surface area (Å²) in [5, 5.41) is 13.8. The Morgan fingerprint density at radius 3 is 2.13 bits per heavy atom. The van der Waals surface area contributed by atoms with Gasteiger partial charge in [-0.3, -0.25) is 0 Å². The number of allylic oxidation sites excluding steroid dienone is 1. The number of phenols is 1. The second kappa shape index (κ2) is 10.6. The predicted molar refractivity (Wildman–Crippen MR) is 129 cm³/mol. The van der Waals surface area contributed by atoms with E-state index in [4.69, 9.17) is 4.74 Å². The van der Waals surface area contributed by atoms with Gasteiger partial charge in [-0.05, 0) is 72.3 Å². The van der Waals surface area contributed by atoms with E-state index in [1.165, 1.54) is 37.7 Å². The molecular weight excluding hydrogens is 386 g/mol. The van der Waals surface area contributed by atoms with Crippen molar-refractivity contribution >= 4 is 5.97 Å². The normalized spacial score (nSPS) is 16.3. The number of aromatic hydroxyl groups is 1. The van der Waals surface area contributed by atoms with E-state index in [1.54, 1.807) is 6.08 Å². The summed E-state index contributed by atoms with van der Waals surface area (Å²) in [4.78, 5) is 12.2. The van der Waals surface area contributed by atoms with Crippen LogP contribution in [0.4, 0.5) is 0 Å². The number of rotatable bonds is 7. The predicted octanol–water partition coefficient (Wildman–Crippen LogP) is 6.29. The first kappa shape index (κ1) is 25.3. The highest BCUT2D eigenvalue weighted by molar-refractivity contribution is 5.82. The molecule has 31 heavy (non-hydrogen) atoms. The minimum Gasteiger partial charge on any atom is -0.508 e. The summed E-state index contributed by atoms with van der Waals surface area (Å²) in [6.45, 7) is 15.4. The molecule has 0 aliphatic heterocycles. The molecule has 1 aromatic rings. The van der Waals surface area contributed by atoms with Gasteiger partial charge in [0.1, 0.15) is 5.75 Å². The average Bonchev–Trinajstić information content (AvgIpc) is 2.64. The molecule has 174 valence electrons. The summed E-state index contributed by atoms with van der Waals surface area (Å²) < 4.78 is 5.49. The van der Waals surface area contributed by atoms with Crippen molar-refractivity contribution in [2.24, 2.45) is 0 Å². The van der Waals surface area contributed by atoms with Crippen LogP contribution in [0.2, 0.25) is 0 Å². The van der Waals surface area contributed by atoms with E-state index in [0.29, 0.717) is 18.4 Å². The lowest BCUT2D eigenvalue weighted by Gasteiger charge is -2.30. The zero-order valence-corrected chi connectivity index (χ0v) is 20.7. The van der Waals surface area contributed by atoms with Crippen molar-refractivity contribution < 1.29 is 14.6 Å². The van der Waals surface area contributed by atoms with Crippen molar-refractivity contribution in [1.29, 1.82) is 0 Å². The van der Waals surface area contributed by atoms with Gasteiger partial charge in [-0.1, -0.05) is 60.8 Å². The number of benzene rings is 1. The van der Waals surface area contributed by atoms with E-state index in [0.717, 1.165) is 29.7 Å². The van der Waals surface area contributed by atoms with Crippen LogP contribution < -0.4 is 5.32 Å². The highest BCUT2D eigenvalue weighted by atomic mass is 16.5. The minimum absolute atomic E-state index is 0.0740. The molecule has 4 heteroatoms. The van der Waals surface area contributed by atoms with Crippen LogP contribution >= 0.6 is 0 Å². The Labute approximate surface area is 189 Å². The number of carbonyl (C=O) groups is 1. The Kier molecular flexibility index (Phi) is 8.62. The fourth-order valence-corrected chi connectivity index (χ4v) is 4.52. The molecule has 0 amide bonds. The van der Waals surface area contributed by atoms with Crippen molar-refractivity contribution in [2.75, 3.05) is 6.61 Å². The van der Waals surface area contributed by atoms with E-state index in [9.17, 15) is 9.90 Å². The van der Waals surface area contributed by atoms with Crippen LogP contribution in [0.15, 0.2) is 23.9 Å². The minimum atomic E-state index is -0.279. The molecule has 4 nitrogen and oxygen atoms in total. The second-order valence-electron chi connectivity index (χ2n) is 11.1. The number of ether oxygens (including phenoxy) is 1. The monoisotopic (exact) mass is 429 g/mol. The molecule has 0 heterocycles. The first-order chi connectivity index (χ1) is 14.4. The lowest BCUT2D eigenvalue weighted by atomic mass is 9.75. The van der Waals surface area contributed by atoms with Crippen LogP contribution in [0.3, 0.4) is 0 Å². The van der Waals surface area contributed by atoms with Gasteiger partial charge in [-0.25, -0.2) is 4.79 Å². The van der Waals surface area contributed by atoms with Crippen LogP contribution in [-0.4, -0.2) is 23.7 Å². The highest BCUT2D eigenvalue weighted by Gasteiger charge is 2.26. The van der Waals surface area contributed by atoms with Crippen molar-refractivity contribution in [1.82, 2.24) is 5.32 Å². The first-order valence-corrected chi connectivity index (χ1v) is 11.9. The van der Waals surface area contributed by atoms with Crippen molar-refractivity contribution in [3.63, 3.8) is 0 Å². The standard InChI is InChI=1S/C27H43NO3/c1-19(28-20-12-9-8-10-13-20)16-25(30)31-15-11-14-22-23(26(2,3)4)17-21(29)18-24(22)27(5,6)7/h16-18,20,28-29H,8-15H2,1-7H3/b19-16-. The van der Waals surface area contributed by atoms with Crippen LogP contribution in [0.25, 0.3) is 0 Å². The number of carbonyl (C=O) groups excluding carboxylic acids is 1. The van der Waals surface area contributed by atoms with E-state index in [2.05, 4.69) is 46.9 Å². The van der Waals surface area contributed by atoms with Crippen LogP contribution in [0.5, 0.6) is 5.75 Å². The maximum absolute atomic E-state index is 12.2. The summed E-state index contributed by atoms with van der Waals surface area (Å²) in [6.07, 6.45) is 9.35. The lowest BCUT2D eigenvalue weighted by molar-refractivity contribution is -0.137. The fourth-order valence-electron chi connectivity index (χ4n) is 4.52. The number of nitrogens with one attached hydrogen (secondary N) is 1. The number of esters is 1.